The van der Waals surface area contributed by atoms with Gasteiger partial charge in [0.05, 0.1) is 5.39 Å². The van der Waals surface area contributed by atoms with Crippen LogP contribution in [-0.2, 0) is 0 Å². The number of aromatic carboxylic acids is 1. The predicted molar refractivity (Wildman–Crippen MR) is 97.1 cm³/mol. The second kappa shape index (κ2) is 6.76. The third-order valence-corrected chi connectivity index (χ3v) is 5.47. The van der Waals surface area contributed by atoms with E-state index in [1.54, 1.807) is 7.05 Å². The normalized spacial score (nSPS) is 19.9. The number of nitrogens with zero attached hydrogens (tertiary/aromatic N) is 3. The lowest BCUT2D eigenvalue weighted by atomic mass is 10.0. The summed E-state index contributed by atoms with van der Waals surface area (Å²) in [7, 11) is 1.56. The van der Waals surface area contributed by atoms with Gasteiger partial charge in [0.15, 0.2) is 24.4 Å². The fraction of sp³-hybridized carbons (Fsp3) is 0.444. The Morgan fingerprint density at radius 2 is 2.07 bits per heavy atom. The number of carboxylic acids is 1. The van der Waals surface area contributed by atoms with E-state index in [-0.39, 0.29) is 48.6 Å². The number of alkyl halides is 3. The lowest BCUT2D eigenvalue weighted by Crippen LogP contribution is -2.40. The molecule has 0 bridgehead atoms. The van der Waals surface area contributed by atoms with Crippen molar-refractivity contribution >= 4 is 22.6 Å². The summed E-state index contributed by atoms with van der Waals surface area (Å²) < 4.78 is 60.6. The monoisotopic (exact) mass is 431 g/mol. The van der Waals surface area contributed by atoms with Crippen LogP contribution in [0.3, 0.4) is 0 Å². The number of hydrogen-bond donors (Lipinski definition) is 2. The Kier molecular flexibility index (Phi) is 4.56. The van der Waals surface area contributed by atoms with E-state index in [9.17, 15) is 33.0 Å². The van der Waals surface area contributed by atoms with Crippen LogP contribution in [0, 0.1) is 11.7 Å². The number of hydrogen-bond acceptors (Lipinski definition) is 6. The molecule has 4 rings (SSSR count). The van der Waals surface area contributed by atoms with E-state index in [0.717, 1.165) is 12.3 Å². The number of carbonyl (C=O) groups is 1. The number of benzene rings is 1. The molecule has 3 heterocycles. The van der Waals surface area contributed by atoms with Gasteiger partial charge < -0.3 is 19.8 Å². The van der Waals surface area contributed by atoms with Gasteiger partial charge in [0.25, 0.3) is 0 Å². The van der Waals surface area contributed by atoms with Gasteiger partial charge in [0, 0.05) is 32.3 Å². The summed E-state index contributed by atoms with van der Waals surface area (Å²) in [6, 6.07) is 0.871. The SMILES string of the molecule is CN1COc2c(N3CCC(C(O)C(F)(F)F)C3)c(F)cc3c(=O)c(C(=O)O)cn1c23. The van der Waals surface area contributed by atoms with Crippen LogP contribution in [0.1, 0.15) is 16.8 Å². The molecule has 2 aliphatic heterocycles. The van der Waals surface area contributed by atoms with E-state index in [1.165, 1.54) is 14.6 Å². The molecule has 0 radical (unpaired) electrons. The molecule has 162 valence electrons. The van der Waals surface area contributed by atoms with Gasteiger partial charge in [-0.3, -0.25) is 14.5 Å². The number of rotatable bonds is 3. The summed E-state index contributed by atoms with van der Waals surface area (Å²) in [6.45, 7) is -0.320. The first-order valence-electron chi connectivity index (χ1n) is 8.99. The number of anilines is 1. The average Bonchev–Trinajstić information content (AvgIpc) is 3.13. The standard InChI is InChI=1S/C18H17F4N3O5/c1-23-7-30-15-12-9(14(26)10(17(28)29)6-25(12)23)4-11(19)13(15)24-3-2-8(5-24)16(27)18(20,21)22/h4,6,8,16,27H,2-3,5,7H2,1H3,(H,28,29). The molecular formula is C18H17F4N3O5. The number of carboxylic acid groups (broad SMARTS) is 1. The summed E-state index contributed by atoms with van der Waals surface area (Å²) in [5.41, 5.74) is -1.45. The van der Waals surface area contributed by atoms with E-state index < -0.39 is 41.0 Å². The van der Waals surface area contributed by atoms with Crippen molar-refractivity contribution < 1.29 is 37.3 Å². The molecule has 0 saturated carbocycles. The van der Waals surface area contributed by atoms with Crippen molar-refractivity contribution in [2.75, 3.05) is 36.8 Å². The topological polar surface area (TPSA) is 95.2 Å². The van der Waals surface area contributed by atoms with Crippen molar-refractivity contribution in [3.05, 3.63) is 33.9 Å². The van der Waals surface area contributed by atoms with E-state index in [1.807, 2.05) is 0 Å². The van der Waals surface area contributed by atoms with Crippen LogP contribution in [-0.4, -0.2) is 60.0 Å². The maximum absolute atomic E-state index is 15.0. The molecule has 12 heteroatoms. The Morgan fingerprint density at radius 1 is 1.37 bits per heavy atom. The highest BCUT2D eigenvalue weighted by atomic mass is 19.4. The predicted octanol–water partition coefficient (Wildman–Crippen LogP) is 1.51. The van der Waals surface area contributed by atoms with Gasteiger partial charge in [0.2, 0.25) is 5.43 Å². The Morgan fingerprint density at radius 3 is 2.70 bits per heavy atom. The number of ether oxygens (including phenoxy) is 1. The van der Waals surface area contributed by atoms with E-state index in [2.05, 4.69) is 0 Å². The van der Waals surface area contributed by atoms with Crippen LogP contribution < -0.4 is 20.1 Å². The third-order valence-electron chi connectivity index (χ3n) is 5.47. The van der Waals surface area contributed by atoms with Gasteiger partial charge in [-0.15, -0.1) is 0 Å². The second-order valence-corrected chi connectivity index (χ2v) is 7.37. The molecule has 0 amide bonds. The minimum atomic E-state index is -4.79. The quantitative estimate of drug-likeness (QED) is 0.712. The first kappa shape index (κ1) is 20.3. The van der Waals surface area contributed by atoms with Gasteiger partial charge in [0.1, 0.15) is 16.8 Å². The van der Waals surface area contributed by atoms with Crippen LogP contribution in [0.2, 0.25) is 0 Å². The van der Waals surface area contributed by atoms with Gasteiger partial charge >= 0.3 is 12.1 Å². The van der Waals surface area contributed by atoms with Crippen LogP contribution in [0.5, 0.6) is 5.75 Å². The summed E-state index contributed by atoms with van der Waals surface area (Å²) in [6.07, 6.45) is -6.24. The number of aromatic nitrogens is 1. The van der Waals surface area contributed by atoms with Crippen molar-refractivity contribution in [2.45, 2.75) is 18.7 Å². The molecule has 2 aromatic rings. The van der Waals surface area contributed by atoms with Crippen LogP contribution in [0.25, 0.3) is 10.9 Å². The third kappa shape index (κ3) is 3.02. The molecule has 1 fully saturated rings. The highest BCUT2D eigenvalue weighted by Crippen LogP contribution is 2.43. The average molecular weight is 431 g/mol. The maximum Gasteiger partial charge on any atom is 0.414 e. The summed E-state index contributed by atoms with van der Waals surface area (Å²) in [4.78, 5) is 25.3. The fourth-order valence-corrected chi connectivity index (χ4v) is 3.99. The molecule has 1 aromatic carbocycles. The van der Waals surface area contributed by atoms with Crippen LogP contribution in [0.15, 0.2) is 17.1 Å². The number of halogens is 4. The molecular weight excluding hydrogens is 414 g/mol. The highest BCUT2D eigenvalue weighted by Gasteiger charge is 2.46. The molecule has 0 aliphatic carbocycles. The molecule has 0 spiro atoms. The summed E-state index contributed by atoms with van der Waals surface area (Å²) in [5.74, 6) is -3.59. The molecule has 2 unspecified atom stereocenters. The van der Waals surface area contributed by atoms with Crippen molar-refractivity contribution in [3.8, 4) is 5.75 Å². The minimum Gasteiger partial charge on any atom is -0.477 e. The van der Waals surface area contributed by atoms with E-state index in [4.69, 9.17) is 4.74 Å². The largest absolute Gasteiger partial charge is 0.477 e. The number of pyridine rings is 1. The van der Waals surface area contributed by atoms with E-state index in [0.29, 0.717) is 0 Å². The highest BCUT2D eigenvalue weighted by molar-refractivity contribution is 5.97. The maximum atomic E-state index is 15.0. The lowest BCUT2D eigenvalue weighted by molar-refractivity contribution is -0.217. The van der Waals surface area contributed by atoms with Crippen molar-refractivity contribution in [1.29, 1.82) is 0 Å². The smallest absolute Gasteiger partial charge is 0.414 e. The molecule has 2 N–H and O–H groups in total. The van der Waals surface area contributed by atoms with E-state index >= 15 is 4.39 Å². The summed E-state index contributed by atoms with van der Waals surface area (Å²) in [5, 5.41) is 20.1. The fourth-order valence-electron chi connectivity index (χ4n) is 3.99. The molecule has 2 aliphatic rings. The van der Waals surface area contributed by atoms with Gasteiger partial charge in [-0.1, -0.05) is 0 Å². The molecule has 1 saturated heterocycles. The number of aliphatic hydroxyl groups excluding tert-OH is 1. The molecule has 8 nitrogen and oxygen atoms in total. The zero-order chi connectivity index (χ0) is 22.0. The zero-order valence-electron chi connectivity index (χ0n) is 15.6. The first-order valence-corrected chi connectivity index (χ1v) is 8.99. The van der Waals surface area contributed by atoms with Gasteiger partial charge in [-0.2, -0.15) is 13.2 Å². The molecule has 1 aromatic heterocycles. The van der Waals surface area contributed by atoms with Gasteiger partial charge in [-0.05, 0) is 12.5 Å². The minimum absolute atomic E-state index is 0.0117. The molecule has 30 heavy (non-hydrogen) atoms. The second-order valence-electron chi connectivity index (χ2n) is 7.37. The number of aliphatic hydroxyl groups is 1. The van der Waals surface area contributed by atoms with Crippen LogP contribution in [0.4, 0.5) is 23.2 Å². The Bertz CT molecular complexity index is 1100. The Balaban J connectivity index is 1.86. The Labute approximate surface area is 166 Å². The van der Waals surface area contributed by atoms with Crippen molar-refractivity contribution in [2.24, 2.45) is 5.92 Å². The first-order chi connectivity index (χ1) is 14.0. The Hall–Kier alpha value is -3.02. The van der Waals surface area contributed by atoms with Gasteiger partial charge in [-0.25, -0.2) is 9.18 Å². The summed E-state index contributed by atoms with van der Waals surface area (Å²) >= 11 is 0. The lowest BCUT2D eigenvalue weighted by Gasteiger charge is -2.33. The van der Waals surface area contributed by atoms with Crippen molar-refractivity contribution in [1.82, 2.24) is 4.68 Å². The van der Waals surface area contributed by atoms with Crippen LogP contribution >= 0.6 is 0 Å². The molecule has 2 atom stereocenters. The van der Waals surface area contributed by atoms with Crippen molar-refractivity contribution in [3.63, 3.8) is 0 Å². The zero-order valence-corrected chi connectivity index (χ0v) is 15.6.